The topological polar surface area (TPSA) is 87.5 Å². The molecule has 1 saturated heterocycles. The Bertz CT molecular complexity index is 556. The number of hydrogen-bond donors (Lipinski definition) is 3. The second-order valence-electron chi connectivity index (χ2n) is 4.85. The molecule has 2 rings (SSSR count). The molecule has 1 aliphatic rings. The summed E-state index contributed by atoms with van der Waals surface area (Å²) >= 11 is 12.1. The van der Waals surface area contributed by atoms with Crippen molar-refractivity contribution in [2.45, 2.75) is 13.0 Å². The zero-order valence-corrected chi connectivity index (χ0v) is 13.0. The Balaban J connectivity index is 2.09. The first kappa shape index (κ1) is 15.9. The molecule has 0 spiro atoms. The van der Waals surface area contributed by atoms with Gasteiger partial charge >= 0.3 is 0 Å². The lowest BCUT2D eigenvalue weighted by molar-refractivity contribution is -0.127. The molecule has 6 nitrogen and oxygen atoms in total. The van der Waals surface area contributed by atoms with Crippen LogP contribution >= 0.6 is 23.2 Å². The number of nitrogen functional groups attached to an aromatic ring is 1. The summed E-state index contributed by atoms with van der Waals surface area (Å²) in [6.07, 6.45) is 0. The zero-order valence-electron chi connectivity index (χ0n) is 11.5. The molecule has 2 amide bonds. The minimum Gasteiger partial charge on any atom is -0.399 e. The van der Waals surface area contributed by atoms with Crippen molar-refractivity contribution in [1.82, 2.24) is 10.2 Å². The molecule has 0 aliphatic carbocycles. The van der Waals surface area contributed by atoms with Crippen LogP contribution in [-0.2, 0) is 9.59 Å². The number of halogens is 2. The Morgan fingerprint density at radius 3 is 2.62 bits per heavy atom. The molecule has 0 bridgehead atoms. The van der Waals surface area contributed by atoms with Gasteiger partial charge in [0.15, 0.2) is 0 Å². The number of carbonyl (C=O) groups is 2. The van der Waals surface area contributed by atoms with Gasteiger partial charge in [0.2, 0.25) is 11.8 Å². The number of nitrogens with zero attached hydrogens (tertiary/aromatic N) is 1. The van der Waals surface area contributed by atoms with Gasteiger partial charge < -0.3 is 16.4 Å². The Morgan fingerprint density at radius 1 is 1.43 bits per heavy atom. The van der Waals surface area contributed by atoms with E-state index in [1.807, 2.05) is 0 Å². The maximum Gasteiger partial charge on any atom is 0.241 e. The van der Waals surface area contributed by atoms with Gasteiger partial charge in [0.05, 0.1) is 28.3 Å². The Kier molecular flexibility index (Phi) is 4.92. The number of nitrogens with one attached hydrogen (secondary N) is 2. The van der Waals surface area contributed by atoms with E-state index in [2.05, 4.69) is 10.6 Å². The molecule has 1 aliphatic heterocycles. The molecule has 1 unspecified atom stereocenters. The second-order valence-corrected chi connectivity index (χ2v) is 5.66. The number of nitrogens with two attached hydrogens (primary N) is 1. The first-order valence-electron chi connectivity index (χ1n) is 6.44. The number of anilines is 2. The molecule has 1 atom stereocenters. The summed E-state index contributed by atoms with van der Waals surface area (Å²) < 4.78 is 0. The molecular weight excluding hydrogens is 315 g/mol. The van der Waals surface area contributed by atoms with Gasteiger partial charge in [-0.1, -0.05) is 23.2 Å². The maximum absolute atomic E-state index is 12.3. The van der Waals surface area contributed by atoms with Crippen LogP contribution in [0.4, 0.5) is 11.4 Å². The van der Waals surface area contributed by atoms with E-state index in [4.69, 9.17) is 28.9 Å². The van der Waals surface area contributed by atoms with Gasteiger partial charge in [-0.2, -0.15) is 0 Å². The molecule has 1 fully saturated rings. The fourth-order valence-electron chi connectivity index (χ4n) is 2.09. The molecule has 0 radical (unpaired) electrons. The normalized spacial score (nSPS) is 17.2. The molecule has 1 heterocycles. The zero-order chi connectivity index (χ0) is 15.6. The van der Waals surface area contributed by atoms with Crippen LogP contribution in [0.1, 0.15) is 6.92 Å². The van der Waals surface area contributed by atoms with Crippen LogP contribution in [0.15, 0.2) is 12.1 Å². The lowest BCUT2D eigenvalue weighted by atomic mass is 10.2. The van der Waals surface area contributed by atoms with Crippen molar-refractivity contribution in [1.29, 1.82) is 0 Å². The van der Waals surface area contributed by atoms with Gasteiger partial charge in [-0.15, -0.1) is 0 Å². The summed E-state index contributed by atoms with van der Waals surface area (Å²) in [5.41, 5.74) is 6.36. The Hall–Kier alpha value is -1.50. The first-order chi connectivity index (χ1) is 9.88. The van der Waals surface area contributed by atoms with E-state index in [0.717, 1.165) is 0 Å². The Morgan fingerprint density at radius 2 is 2.05 bits per heavy atom. The molecule has 4 N–H and O–H groups in total. The van der Waals surface area contributed by atoms with E-state index in [0.29, 0.717) is 24.5 Å². The smallest absolute Gasteiger partial charge is 0.241 e. The van der Waals surface area contributed by atoms with Crippen molar-refractivity contribution in [2.24, 2.45) is 0 Å². The number of carbonyl (C=O) groups excluding carboxylic acids is 2. The van der Waals surface area contributed by atoms with Crippen molar-refractivity contribution in [3.05, 3.63) is 22.2 Å². The van der Waals surface area contributed by atoms with Gasteiger partial charge in [-0.05, 0) is 19.1 Å². The lowest BCUT2D eigenvalue weighted by Gasteiger charge is -2.31. The molecule has 0 aromatic heterocycles. The lowest BCUT2D eigenvalue weighted by Crippen LogP contribution is -2.53. The van der Waals surface area contributed by atoms with Crippen LogP contribution < -0.4 is 16.4 Å². The second kappa shape index (κ2) is 6.51. The van der Waals surface area contributed by atoms with Crippen LogP contribution in [0.3, 0.4) is 0 Å². The average Bonchev–Trinajstić information content (AvgIpc) is 2.41. The fourth-order valence-corrected chi connectivity index (χ4v) is 2.69. The SMILES string of the molecule is CC(C(=O)Nc1c(Cl)cc(N)cc1Cl)N1CCNC(=O)C1. The minimum absolute atomic E-state index is 0.0931. The molecule has 1 aromatic carbocycles. The highest BCUT2D eigenvalue weighted by Gasteiger charge is 2.26. The highest BCUT2D eigenvalue weighted by atomic mass is 35.5. The predicted molar refractivity (Wildman–Crippen MR) is 83.5 cm³/mol. The summed E-state index contributed by atoms with van der Waals surface area (Å²) in [7, 11) is 0. The highest BCUT2D eigenvalue weighted by molar-refractivity contribution is 6.40. The van der Waals surface area contributed by atoms with Crippen molar-refractivity contribution >= 4 is 46.4 Å². The van der Waals surface area contributed by atoms with Crippen LogP contribution in [0, 0.1) is 0 Å². The monoisotopic (exact) mass is 330 g/mol. The van der Waals surface area contributed by atoms with Crippen LogP contribution in [0.2, 0.25) is 10.0 Å². The van der Waals surface area contributed by atoms with Crippen molar-refractivity contribution in [3.8, 4) is 0 Å². The summed E-state index contributed by atoms with van der Waals surface area (Å²) in [5.74, 6) is -0.372. The average molecular weight is 331 g/mol. The molecule has 0 saturated carbocycles. The van der Waals surface area contributed by atoms with Gasteiger partial charge in [0.25, 0.3) is 0 Å². The van der Waals surface area contributed by atoms with Gasteiger partial charge in [0.1, 0.15) is 0 Å². The Labute approximate surface area is 132 Å². The van der Waals surface area contributed by atoms with E-state index >= 15 is 0 Å². The van der Waals surface area contributed by atoms with Gasteiger partial charge in [-0.25, -0.2) is 0 Å². The fraction of sp³-hybridized carbons (Fsp3) is 0.385. The quantitative estimate of drug-likeness (QED) is 0.730. The third-order valence-electron chi connectivity index (χ3n) is 3.31. The minimum atomic E-state index is -0.472. The van der Waals surface area contributed by atoms with E-state index in [9.17, 15) is 9.59 Å². The van der Waals surface area contributed by atoms with E-state index < -0.39 is 6.04 Å². The van der Waals surface area contributed by atoms with Crippen molar-refractivity contribution in [2.75, 3.05) is 30.7 Å². The number of benzene rings is 1. The van der Waals surface area contributed by atoms with Crippen LogP contribution in [-0.4, -0.2) is 42.4 Å². The first-order valence-corrected chi connectivity index (χ1v) is 7.20. The van der Waals surface area contributed by atoms with Crippen molar-refractivity contribution in [3.63, 3.8) is 0 Å². The number of hydrogen-bond acceptors (Lipinski definition) is 4. The number of piperazine rings is 1. The van der Waals surface area contributed by atoms with E-state index in [1.54, 1.807) is 11.8 Å². The predicted octanol–water partition coefficient (Wildman–Crippen LogP) is 1.33. The van der Waals surface area contributed by atoms with E-state index in [1.165, 1.54) is 12.1 Å². The summed E-state index contributed by atoms with van der Waals surface area (Å²) in [4.78, 5) is 25.4. The molecule has 1 aromatic rings. The van der Waals surface area contributed by atoms with Gasteiger partial charge in [0, 0.05) is 18.8 Å². The summed E-state index contributed by atoms with van der Waals surface area (Å²) in [6, 6.07) is 2.56. The third kappa shape index (κ3) is 3.78. The highest BCUT2D eigenvalue weighted by Crippen LogP contribution is 2.33. The molecule has 8 heteroatoms. The van der Waals surface area contributed by atoms with Crippen LogP contribution in [0.5, 0.6) is 0 Å². The molecule has 21 heavy (non-hydrogen) atoms. The summed E-state index contributed by atoms with van der Waals surface area (Å²) in [5, 5.41) is 5.95. The molecule has 114 valence electrons. The standard InChI is InChI=1S/C13H16Cl2N4O2/c1-7(19-3-2-17-11(20)6-19)13(21)18-12-9(14)4-8(16)5-10(12)15/h4-5,7H,2-3,6,16H2,1H3,(H,17,20)(H,18,21). The van der Waals surface area contributed by atoms with Gasteiger partial charge in [-0.3, -0.25) is 14.5 Å². The summed E-state index contributed by atoms with van der Waals surface area (Å²) in [6.45, 7) is 3.06. The maximum atomic E-state index is 12.3. The van der Waals surface area contributed by atoms with Crippen molar-refractivity contribution < 1.29 is 9.59 Å². The molecular formula is C13H16Cl2N4O2. The van der Waals surface area contributed by atoms with E-state index in [-0.39, 0.29) is 28.4 Å². The third-order valence-corrected chi connectivity index (χ3v) is 3.90. The number of rotatable bonds is 3. The van der Waals surface area contributed by atoms with Crippen LogP contribution in [0.25, 0.3) is 0 Å². The number of amides is 2. The largest absolute Gasteiger partial charge is 0.399 e.